The molecule has 0 aromatic heterocycles. The number of alkyl halides is 3. The van der Waals surface area contributed by atoms with Gasteiger partial charge in [0.15, 0.2) is 0 Å². The standard InChI is InChI=1S/C17H23F3N2O2/c18-17(19,20)15(9-8-13-5-2-1-3-6-13)22-16(23)21-14-7-4-11-24-12-10-14/h1-3,5-6,14-15H,4,7-12H2,(H2,21,22,23)/t14-,15+/m1/s1. The Morgan fingerprint density at radius 2 is 1.96 bits per heavy atom. The number of nitrogens with one attached hydrogen (secondary N) is 2. The van der Waals surface area contributed by atoms with Crippen LogP contribution >= 0.6 is 0 Å². The predicted octanol–water partition coefficient (Wildman–Crippen LogP) is 3.42. The molecule has 1 fully saturated rings. The second-order valence-electron chi connectivity index (χ2n) is 5.98. The van der Waals surface area contributed by atoms with Gasteiger partial charge in [-0.25, -0.2) is 4.79 Å². The van der Waals surface area contributed by atoms with Gasteiger partial charge in [0, 0.05) is 19.3 Å². The molecule has 1 aromatic carbocycles. The topological polar surface area (TPSA) is 50.4 Å². The van der Waals surface area contributed by atoms with Gasteiger partial charge in [-0.2, -0.15) is 13.2 Å². The number of halogens is 3. The third kappa shape index (κ3) is 6.39. The highest BCUT2D eigenvalue weighted by molar-refractivity contribution is 5.74. The number of hydrogen-bond acceptors (Lipinski definition) is 2. The molecular weight excluding hydrogens is 321 g/mol. The molecule has 2 amide bonds. The van der Waals surface area contributed by atoms with E-state index in [1.165, 1.54) is 0 Å². The average molecular weight is 344 g/mol. The van der Waals surface area contributed by atoms with E-state index in [1.807, 2.05) is 6.07 Å². The Kier molecular flexibility index (Phi) is 6.90. The van der Waals surface area contributed by atoms with Crippen molar-refractivity contribution in [2.75, 3.05) is 13.2 Å². The third-order valence-electron chi connectivity index (χ3n) is 4.05. The Balaban J connectivity index is 1.86. The fraction of sp³-hybridized carbons (Fsp3) is 0.588. The first-order valence-electron chi connectivity index (χ1n) is 8.20. The van der Waals surface area contributed by atoms with Crippen LogP contribution in [-0.4, -0.2) is 37.5 Å². The molecular formula is C17H23F3N2O2. The first kappa shape index (κ1) is 18.6. The summed E-state index contributed by atoms with van der Waals surface area (Å²) in [6.07, 6.45) is -2.28. The number of aryl methyl sites for hydroxylation is 1. The van der Waals surface area contributed by atoms with Crippen LogP contribution < -0.4 is 10.6 Å². The Bertz CT molecular complexity index is 500. The van der Waals surface area contributed by atoms with E-state index < -0.39 is 18.2 Å². The van der Waals surface area contributed by atoms with E-state index in [9.17, 15) is 18.0 Å². The number of rotatable bonds is 5. The lowest BCUT2D eigenvalue weighted by Crippen LogP contribution is -2.51. The predicted molar refractivity (Wildman–Crippen MR) is 84.7 cm³/mol. The summed E-state index contributed by atoms with van der Waals surface area (Å²) >= 11 is 0. The number of hydrogen-bond donors (Lipinski definition) is 2. The van der Waals surface area contributed by atoms with Gasteiger partial charge < -0.3 is 15.4 Å². The quantitative estimate of drug-likeness (QED) is 0.860. The van der Waals surface area contributed by atoms with E-state index in [-0.39, 0.29) is 18.9 Å². The summed E-state index contributed by atoms with van der Waals surface area (Å²) < 4.78 is 44.8. The minimum Gasteiger partial charge on any atom is -0.381 e. The van der Waals surface area contributed by atoms with Crippen molar-refractivity contribution in [2.45, 2.75) is 50.4 Å². The van der Waals surface area contributed by atoms with Gasteiger partial charge in [-0.05, 0) is 37.7 Å². The van der Waals surface area contributed by atoms with Crippen LogP contribution in [0.2, 0.25) is 0 Å². The van der Waals surface area contributed by atoms with Crippen LogP contribution in [0.15, 0.2) is 30.3 Å². The second kappa shape index (κ2) is 8.92. The summed E-state index contributed by atoms with van der Waals surface area (Å²) in [6, 6.07) is 6.16. The van der Waals surface area contributed by atoms with Crippen molar-refractivity contribution < 1.29 is 22.7 Å². The highest BCUT2D eigenvalue weighted by atomic mass is 19.4. The zero-order valence-corrected chi connectivity index (χ0v) is 13.4. The van der Waals surface area contributed by atoms with Crippen molar-refractivity contribution in [3.05, 3.63) is 35.9 Å². The van der Waals surface area contributed by atoms with Crippen LogP contribution in [0.1, 0.15) is 31.2 Å². The normalized spacial score (nSPS) is 20.0. The van der Waals surface area contributed by atoms with Crippen LogP contribution in [-0.2, 0) is 11.2 Å². The first-order valence-corrected chi connectivity index (χ1v) is 8.20. The Morgan fingerprint density at radius 1 is 1.21 bits per heavy atom. The van der Waals surface area contributed by atoms with Gasteiger partial charge in [0.05, 0.1) is 0 Å². The molecule has 134 valence electrons. The van der Waals surface area contributed by atoms with E-state index >= 15 is 0 Å². The lowest BCUT2D eigenvalue weighted by atomic mass is 10.0. The average Bonchev–Trinajstić information content (AvgIpc) is 2.80. The van der Waals surface area contributed by atoms with E-state index in [4.69, 9.17) is 4.74 Å². The molecule has 0 bridgehead atoms. The minimum atomic E-state index is -4.47. The lowest BCUT2D eigenvalue weighted by Gasteiger charge is -2.24. The first-order chi connectivity index (χ1) is 11.4. The van der Waals surface area contributed by atoms with Crippen LogP contribution in [0.4, 0.5) is 18.0 Å². The second-order valence-corrected chi connectivity index (χ2v) is 5.98. The molecule has 0 radical (unpaired) electrons. The number of carbonyl (C=O) groups is 1. The molecule has 24 heavy (non-hydrogen) atoms. The van der Waals surface area contributed by atoms with Crippen molar-refractivity contribution >= 4 is 6.03 Å². The summed E-state index contributed by atoms with van der Waals surface area (Å²) in [6.45, 7) is 1.14. The molecule has 2 rings (SSSR count). The summed E-state index contributed by atoms with van der Waals surface area (Å²) in [4.78, 5) is 11.9. The zero-order valence-electron chi connectivity index (χ0n) is 13.4. The fourth-order valence-electron chi connectivity index (χ4n) is 2.71. The minimum absolute atomic E-state index is 0.143. The Morgan fingerprint density at radius 3 is 2.67 bits per heavy atom. The Hall–Kier alpha value is -1.76. The monoisotopic (exact) mass is 344 g/mol. The molecule has 0 saturated carbocycles. The van der Waals surface area contributed by atoms with Crippen LogP contribution in [0.3, 0.4) is 0 Å². The fourth-order valence-corrected chi connectivity index (χ4v) is 2.71. The summed E-state index contributed by atoms with van der Waals surface area (Å²) in [5, 5.41) is 4.71. The van der Waals surface area contributed by atoms with E-state index in [0.717, 1.165) is 12.0 Å². The number of benzene rings is 1. The van der Waals surface area contributed by atoms with E-state index in [2.05, 4.69) is 10.6 Å². The summed E-state index contributed by atoms with van der Waals surface area (Å²) in [5.74, 6) is 0. The molecule has 1 aromatic rings. The van der Waals surface area contributed by atoms with Crippen molar-refractivity contribution in [1.82, 2.24) is 10.6 Å². The number of carbonyl (C=O) groups excluding carboxylic acids is 1. The molecule has 1 heterocycles. The van der Waals surface area contributed by atoms with Crippen molar-refractivity contribution in [1.29, 1.82) is 0 Å². The maximum atomic E-state index is 13.2. The smallest absolute Gasteiger partial charge is 0.381 e. The van der Waals surface area contributed by atoms with Crippen molar-refractivity contribution in [2.24, 2.45) is 0 Å². The van der Waals surface area contributed by atoms with Gasteiger partial charge in [0.25, 0.3) is 0 Å². The van der Waals surface area contributed by atoms with Crippen molar-refractivity contribution in [3.8, 4) is 0 Å². The SMILES string of the molecule is O=C(N[C@@H]1CCCOCC1)N[C@@H](CCc1ccccc1)C(F)(F)F. The largest absolute Gasteiger partial charge is 0.408 e. The van der Waals surface area contributed by atoms with Gasteiger partial charge in [-0.3, -0.25) is 0 Å². The molecule has 0 aliphatic carbocycles. The summed E-state index contributed by atoms with van der Waals surface area (Å²) in [7, 11) is 0. The molecule has 2 atom stereocenters. The van der Waals surface area contributed by atoms with Crippen molar-refractivity contribution in [3.63, 3.8) is 0 Å². The van der Waals surface area contributed by atoms with Crippen LogP contribution in [0.5, 0.6) is 0 Å². The van der Waals surface area contributed by atoms with Crippen LogP contribution in [0, 0.1) is 0 Å². The molecule has 1 aliphatic heterocycles. The molecule has 1 saturated heterocycles. The Labute approximate surface area is 139 Å². The molecule has 4 nitrogen and oxygen atoms in total. The number of urea groups is 1. The summed E-state index contributed by atoms with van der Waals surface area (Å²) in [5.41, 5.74) is 0.815. The molecule has 1 aliphatic rings. The van der Waals surface area contributed by atoms with E-state index in [1.54, 1.807) is 24.3 Å². The maximum absolute atomic E-state index is 13.2. The molecule has 2 N–H and O–H groups in total. The maximum Gasteiger partial charge on any atom is 0.408 e. The van der Waals surface area contributed by atoms with Gasteiger partial charge in [0.1, 0.15) is 6.04 Å². The van der Waals surface area contributed by atoms with Gasteiger partial charge in [-0.15, -0.1) is 0 Å². The number of ether oxygens (including phenoxy) is 1. The van der Waals surface area contributed by atoms with Crippen LogP contribution in [0.25, 0.3) is 0 Å². The zero-order chi connectivity index (χ0) is 17.4. The molecule has 0 unspecified atom stereocenters. The third-order valence-corrected chi connectivity index (χ3v) is 4.05. The highest BCUT2D eigenvalue weighted by Gasteiger charge is 2.40. The number of amides is 2. The van der Waals surface area contributed by atoms with Gasteiger partial charge in [0.2, 0.25) is 0 Å². The molecule has 7 heteroatoms. The lowest BCUT2D eigenvalue weighted by molar-refractivity contribution is -0.154. The van der Waals surface area contributed by atoms with Gasteiger partial charge >= 0.3 is 12.2 Å². The van der Waals surface area contributed by atoms with E-state index in [0.29, 0.717) is 26.1 Å². The van der Waals surface area contributed by atoms with Gasteiger partial charge in [-0.1, -0.05) is 30.3 Å². The highest BCUT2D eigenvalue weighted by Crippen LogP contribution is 2.24. The molecule has 0 spiro atoms.